The minimum absolute atomic E-state index is 0.808. The minimum atomic E-state index is 0.808. The summed E-state index contributed by atoms with van der Waals surface area (Å²) in [5.41, 5.74) is 0. The number of hydrogen-bond donors (Lipinski definition) is 2. The van der Waals surface area contributed by atoms with Gasteiger partial charge in [-0.2, -0.15) is 0 Å². The number of nitrogens with one attached hydrogen (secondary N) is 2. The Morgan fingerprint density at radius 2 is 1.42 bits per heavy atom. The Kier molecular flexibility index (Phi) is 9.72. The molecule has 0 fully saturated rings. The van der Waals surface area contributed by atoms with Gasteiger partial charge in [0.15, 0.2) is 0 Å². The first-order valence-electron chi connectivity index (χ1n) is 4.78. The average Bonchev–Trinajstić information content (AvgIpc) is 2.06. The SMILES string of the molecule is CCCN[Si]C(C)[Si]NCCC. The molecule has 0 saturated heterocycles. The zero-order valence-corrected chi connectivity index (χ0v) is 10.4. The highest BCUT2D eigenvalue weighted by molar-refractivity contribution is 6.55. The fraction of sp³-hybridized carbons (Fsp3) is 1.00. The van der Waals surface area contributed by atoms with Gasteiger partial charge in [-0.1, -0.05) is 20.8 Å². The maximum atomic E-state index is 3.46. The molecular formula is C8H20N2Si2. The van der Waals surface area contributed by atoms with Crippen LogP contribution in [-0.4, -0.2) is 32.5 Å². The largest absolute Gasteiger partial charge is 0.339 e. The summed E-state index contributed by atoms with van der Waals surface area (Å²) in [6.45, 7) is 9.06. The van der Waals surface area contributed by atoms with Gasteiger partial charge in [-0.15, -0.1) is 0 Å². The predicted molar refractivity (Wildman–Crippen MR) is 57.5 cm³/mol. The van der Waals surface area contributed by atoms with Crippen molar-refractivity contribution in [1.29, 1.82) is 0 Å². The second-order valence-electron chi connectivity index (χ2n) is 2.86. The topological polar surface area (TPSA) is 24.1 Å². The Labute approximate surface area is 81.7 Å². The molecule has 0 aliphatic carbocycles. The Bertz CT molecular complexity index is 81.1. The molecule has 0 unspecified atom stereocenters. The maximum Gasteiger partial charge on any atom is 0.139 e. The molecule has 0 aromatic carbocycles. The molecule has 0 spiro atoms. The average molecular weight is 200 g/mol. The van der Waals surface area contributed by atoms with Crippen LogP contribution >= 0.6 is 0 Å². The number of hydrogen-bond acceptors (Lipinski definition) is 2. The van der Waals surface area contributed by atoms with Crippen LogP contribution in [0.4, 0.5) is 0 Å². The van der Waals surface area contributed by atoms with Crippen molar-refractivity contribution in [3.05, 3.63) is 0 Å². The van der Waals surface area contributed by atoms with Crippen molar-refractivity contribution < 1.29 is 0 Å². The Hall–Kier alpha value is 0.354. The normalized spacial score (nSPS) is 11.0. The fourth-order valence-corrected chi connectivity index (χ4v) is 3.04. The van der Waals surface area contributed by atoms with Gasteiger partial charge in [0.05, 0.1) is 0 Å². The lowest BCUT2D eigenvalue weighted by atomic mass is 10.5. The van der Waals surface area contributed by atoms with Gasteiger partial charge in [0.2, 0.25) is 0 Å². The van der Waals surface area contributed by atoms with Crippen molar-refractivity contribution in [2.75, 3.05) is 13.1 Å². The summed E-state index contributed by atoms with van der Waals surface area (Å²) >= 11 is 0. The quantitative estimate of drug-likeness (QED) is 0.451. The van der Waals surface area contributed by atoms with E-state index < -0.39 is 0 Å². The molecule has 0 rings (SSSR count). The van der Waals surface area contributed by atoms with Gasteiger partial charge < -0.3 is 9.96 Å². The van der Waals surface area contributed by atoms with Crippen molar-refractivity contribution in [1.82, 2.24) is 9.96 Å². The van der Waals surface area contributed by atoms with E-state index in [1.165, 1.54) is 25.9 Å². The highest BCUT2D eigenvalue weighted by Crippen LogP contribution is 1.92. The van der Waals surface area contributed by atoms with E-state index in [1.807, 2.05) is 0 Å². The van der Waals surface area contributed by atoms with Crippen molar-refractivity contribution in [3.63, 3.8) is 0 Å². The molecule has 2 nitrogen and oxygen atoms in total. The summed E-state index contributed by atoms with van der Waals surface area (Å²) in [5, 5.41) is 0.808. The first-order valence-corrected chi connectivity index (χ1v) is 6.93. The lowest BCUT2D eigenvalue weighted by Crippen LogP contribution is -2.32. The van der Waals surface area contributed by atoms with Gasteiger partial charge >= 0.3 is 0 Å². The van der Waals surface area contributed by atoms with Crippen molar-refractivity contribution >= 4 is 19.4 Å². The van der Waals surface area contributed by atoms with Gasteiger partial charge in [-0.3, -0.25) is 0 Å². The standard InChI is InChI=1S/C8H20N2Si2/c1-4-6-9-11-8(3)12-10-7-5-2/h8-10H,4-7H2,1-3H3. The highest BCUT2D eigenvalue weighted by Gasteiger charge is 2.03. The van der Waals surface area contributed by atoms with Crippen LogP contribution in [0.25, 0.3) is 0 Å². The second-order valence-corrected chi connectivity index (χ2v) is 6.46. The van der Waals surface area contributed by atoms with Crippen molar-refractivity contribution in [2.45, 2.75) is 38.8 Å². The third-order valence-corrected chi connectivity index (χ3v) is 4.03. The molecule has 0 amide bonds. The van der Waals surface area contributed by atoms with E-state index in [2.05, 4.69) is 30.7 Å². The van der Waals surface area contributed by atoms with Crippen molar-refractivity contribution in [3.8, 4) is 0 Å². The van der Waals surface area contributed by atoms with Crippen LogP contribution in [0, 0.1) is 0 Å². The zero-order chi connectivity index (χ0) is 9.23. The third kappa shape index (κ3) is 8.45. The Morgan fingerprint density at radius 3 is 1.75 bits per heavy atom. The lowest BCUT2D eigenvalue weighted by molar-refractivity contribution is 0.841. The molecule has 0 saturated carbocycles. The first kappa shape index (κ1) is 12.4. The van der Waals surface area contributed by atoms with Gasteiger partial charge in [-0.05, 0) is 31.1 Å². The van der Waals surface area contributed by atoms with Crippen LogP contribution in [0.3, 0.4) is 0 Å². The molecule has 0 atom stereocenters. The van der Waals surface area contributed by atoms with E-state index in [1.54, 1.807) is 0 Å². The van der Waals surface area contributed by atoms with E-state index in [-0.39, 0.29) is 0 Å². The van der Waals surface area contributed by atoms with Crippen LogP contribution in [0.15, 0.2) is 0 Å². The second kappa shape index (κ2) is 9.44. The van der Waals surface area contributed by atoms with Crippen LogP contribution in [0.1, 0.15) is 33.6 Å². The molecule has 0 bridgehead atoms. The molecular weight excluding hydrogens is 180 g/mol. The van der Waals surface area contributed by atoms with E-state index >= 15 is 0 Å². The summed E-state index contributed by atoms with van der Waals surface area (Å²) < 4.78 is 0. The molecule has 0 aromatic rings. The van der Waals surface area contributed by atoms with E-state index in [9.17, 15) is 0 Å². The molecule has 70 valence electrons. The smallest absolute Gasteiger partial charge is 0.139 e. The number of rotatable bonds is 8. The molecule has 0 heterocycles. The van der Waals surface area contributed by atoms with Gasteiger partial charge in [0.25, 0.3) is 0 Å². The molecule has 0 aromatic heterocycles. The van der Waals surface area contributed by atoms with Crippen LogP contribution in [0.5, 0.6) is 0 Å². The summed E-state index contributed by atoms with van der Waals surface area (Å²) in [7, 11) is 1.85. The fourth-order valence-electron chi connectivity index (χ4n) is 0.737. The van der Waals surface area contributed by atoms with Crippen LogP contribution in [-0.2, 0) is 0 Å². The van der Waals surface area contributed by atoms with E-state index in [4.69, 9.17) is 0 Å². The van der Waals surface area contributed by atoms with Gasteiger partial charge in [0.1, 0.15) is 19.4 Å². The van der Waals surface area contributed by atoms with Crippen LogP contribution < -0.4 is 9.96 Å². The zero-order valence-electron chi connectivity index (χ0n) is 8.41. The summed E-state index contributed by atoms with van der Waals surface area (Å²) in [4.78, 5) is 6.91. The maximum absolute atomic E-state index is 3.46. The molecule has 2 N–H and O–H groups in total. The molecule has 0 aliphatic rings. The molecule has 12 heavy (non-hydrogen) atoms. The van der Waals surface area contributed by atoms with Crippen molar-refractivity contribution in [2.24, 2.45) is 0 Å². The van der Waals surface area contributed by atoms with E-state index in [0.29, 0.717) is 0 Å². The molecule has 4 heteroatoms. The lowest BCUT2D eigenvalue weighted by Gasteiger charge is -2.09. The summed E-state index contributed by atoms with van der Waals surface area (Å²) in [6.07, 6.45) is 2.48. The minimum Gasteiger partial charge on any atom is -0.339 e. The highest BCUT2D eigenvalue weighted by atomic mass is 28.3. The Morgan fingerprint density at radius 1 is 1.00 bits per heavy atom. The molecule has 4 radical (unpaired) electrons. The van der Waals surface area contributed by atoms with Gasteiger partial charge in [-0.25, -0.2) is 0 Å². The summed E-state index contributed by atoms with van der Waals surface area (Å²) in [6, 6.07) is 0. The Balaban J connectivity index is 3.04. The summed E-state index contributed by atoms with van der Waals surface area (Å²) in [5.74, 6) is 0. The molecule has 0 aliphatic heterocycles. The predicted octanol–water partition coefficient (Wildman–Crippen LogP) is 0.990. The van der Waals surface area contributed by atoms with E-state index in [0.717, 1.165) is 24.5 Å². The third-order valence-electron chi connectivity index (χ3n) is 1.39. The van der Waals surface area contributed by atoms with Gasteiger partial charge in [0, 0.05) is 0 Å². The monoisotopic (exact) mass is 200 g/mol. The first-order chi connectivity index (χ1) is 5.81. The van der Waals surface area contributed by atoms with Crippen LogP contribution in [0.2, 0.25) is 5.16 Å².